The SMILES string of the molecule is CC(N)C(C(=O)O)C(F)(F)F. The first-order valence-electron chi connectivity index (χ1n) is 2.82. The van der Waals surface area contributed by atoms with Gasteiger partial charge in [0.25, 0.3) is 0 Å². The summed E-state index contributed by atoms with van der Waals surface area (Å²) in [6, 6.07) is -1.42. The van der Waals surface area contributed by atoms with Crippen molar-refractivity contribution in [1.29, 1.82) is 0 Å². The molecule has 0 aliphatic rings. The number of carboxylic acids is 1. The standard InChI is InChI=1S/C5H8F3NO2/c1-2(9)3(4(10)11)5(6,7)8/h2-3H,9H2,1H3,(H,10,11). The van der Waals surface area contributed by atoms with Crippen molar-refractivity contribution >= 4 is 5.97 Å². The fourth-order valence-corrected chi connectivity index (χ4v) is 0.663. The molecule has 11 heavy (non-hydrogen) atoms. The molecule has 0 heterocycles. The average Bonchev–Trinajstić information content (AvgIpc) is 1.54. The Morgan fingerprint density at radius 3 is 1.91 bits per heavy atom. The summed E-state index contributed by atoms with van der Waals surface area (Å²) in [6.45, 7) is 1.01. The molecule has 0 aliphatic heterocycles. The highest BCUT2D eigenvalue weighted by Gasteiger charge is 2.47. The van der Waals surface area contributed by atoms with Crippen LogP contribution in [0.5, 0.6) is 0 Å². The molecule has 6 heteroatoms. The minimum absolute atomic E-state index is 1.01. The van der Waals surface area contributed by atoms with Crippen LogP contribution < -0.4 is 5.73 Å². The molecule has 0 bridgehead atoms. The summed E-state index contributed by atoms with van der Waals surface area (Å²) in [5.41, 5.74) is 4.82. The monoisotopic (exact) mass is 171 g/mol. The van der Waals surface area contributed by atoms with Crippen LogP contribution in [-0.2, 0) is 4.79 Å². The van der Waals surface area contributed by atoms with Crippen molar-refractivity contribution in [2.24, 2.45) is 11.7 Å². The highest BCUT2D eigenvalue weighted by atomic mass is 19.4. The van der Waals surface area contributed by atoms with E-state index in [2.05, 4.69) is 0 Å². The Labute approximate surface area is 61.0 Å². The molecule has 0 aliphatic carbocycles. The molecule has 0 saturated heterocycles. The first-order chi connectivity index (χ1) is 4.76. The molecule has 3 nitrogen and oxygen atoms in total. The van der Waals surface area contributed by atoms with Crippen molar-refractivity contribution < 1.29 is 23.1 Å². The maximum absolute atomic E-state index is 11.8. The molecule has 0 aromatic heterocycles. The van der Waals surface area contributed by atoms with E-state index in [1.165, 1.54) is 0 Å². The largest absolute Gasteiger partial charge is 0.481 e. The minimum Gasteiger partial charge on any atom is -0.481 e. The lowest BCUT2D eigenvalue weighted by Gasteiger charge is -2.18. The normalized spacial score (nSPS) is 17.5. The molecular formula is C5H8F3NO2. The second-order valence-electron chi connectivity index (χ2n) is 2.22. The van der Waals surface area contributed by atoms with E-state index in [-0.39, 0.29) is 0 Å². The number of alkyl halides is 3. The molecular weight excluding hydrogens is 163 g/mol. The van der Waals surface area contributed by atoms with E-state index in [0.717, 1.165) is 6.92 Å². The van der Waals surface area contributed by atoms with Crippen molar-refractivity contribution in [3.05, 3.63) is 0 Å². The summed E-state index contributed by atoms with van der Waals surface area (Å²) in [5.74, 6) is -4.41. The van der Waals surface area contributed by atoms with Crippen molar-refractivity contribution in [2.45, 2.75) is 19.1 Å². The number of nitrogens with two attached hydrogens (primary N) is 1. The van der Waals surface area contributed by atoms with Gasteiger partial charge in [0.2, 0.25) is 0 Å². The summed E-state index contributed by atoms with van der Waals surface area (Å²) in [7, 11) is 0. The number of carbonyl (C=O) groups is 1. The smallest absolute Gasteiger partial charge is 0.403 e. The summed E-state index contributed by atoms with van der Waals surface area (Å²) in [5, 5.41) is 8.08. The number of aliphatic carboxylic acids is 1. The van der Waals surface area contributed by atoms with Crippen LogP contribution >= 0.6 is 0 Å². The van der Waals surface area contributed by atoms with Crippen molar-refractivity contribution in [1.82, 2.24) is 0 Å². The lowest BCUT2D eigenvalue weighted by molar-refractivity contribution is -0.196. The highest BCUT2D eigenvalue weighted by Crippen LogP contribution is 2.28. The quantitative estimate of drug-likeness (QED) is 0.639. The predicted octanol–water partition coefficient (Wildman–Crippen LogP) is 0.597. The summed E-state index contributed by atoms with van der Waals surface area (Å²) < 4.78 is 35.3. The number of hydrogen-bond acceptors (Lipinski definition) is 2. The maximum atomic E-state index is 11.8. The van der Waals surface area contributed by atoms with E-state index < -0.39 is 24.1 Å². The molecule has 0 aromatic rings. The molecule has 0 aromatic carbocycles. The topological polar surface area (TPSA) is 63.3 Å². The third-order valence-corrected chi connectivity index (χ3v) is 1.14. The summed E-state index contributed by atoms with van der Waals surface area (Å²) in [4.78, 5) is 9.99. The van der Waals surface area contributed by atoms with Crippen molar-refractivity contribution in [3.8, 4) is 0 Å². The Kier molecular flexibility index (Phi) is 2.86. The molecule has 66 valence electrons. The Bertz CT molecular complexity index is 154. The van der Waals surface area contributed by atoms with Gasteiger partial charge in [-0.3, -0.25) is 4.79 Å². The van der Waals surface area contributed by atoms with Gasteiger partial charge in [0.1, 0.15) is 0 Å². The molecule has 0 saturated carbocycles. The van der Waals surface area contributed by atoms with Gasteiger partial charge >= 0.3 is 12.1 Å². The van der Waals surface area contributed by atoms with Gasteiger partial charge < -0.3 is 10.8 Å². The fourth-order valence-electron chi connectivity index (χ4n) is 0.663. The molecule has 0 rings (SSSR count). The second-order valence-corrected chi connectivity index (χ2v) is 2.22. The van der Waals surface area contributed by atoms with Gasteiger partial charge in [-0.25, -0.2) is 0 Å². The van der Waals surface area contributed by atoms with E-state index >= 15 is 0 Å². The number of hydrogen-bond donors (Lipinski definition) is 2. The van der Waals surface area contributed by atoms with Crippen LogP contribution in [0.3, 0.4) is 0 Å². The second kappa shape index (κ2) is 3.08. The van der Waals surface area contributed by atoms with Gasteiger partial charge in [0, 0.05) is 6.04 Å². The summed E-state index contributed by atoms with van der Waals surface area (Å²) >= 11 is 0. The van der Waals surface area contributed by atoms with Crippen molar-refractivity contribution in [2.75, 3.05) is 0 Å². The minimum atomic E-state index is -4.76. The van der Waals surface area contributed by atoms with Crippen molar-refractivity contribution in [3.63, 3.8) is 0 Å². The predicted molar refractivity (Wildman–Crippen MR) is 30.8 cm³/mol. The van der Waals surface area contributed by atoms with Gasteiger partial charge in [0.05, 0.1) is 0 Å². The van der Waals surface area contributed by atoms with Crippen LogP contribution in [0.4, 0.5) is 13.2 Å². The average molecular weight is 171 g/mol. The van der Waals surface area contributed by atoms with Crippen LogP contribution in [-0.4, -0.2) is 23.3 Å². The molecule has 0 fully saturated rings. The molecule has 2 atom stereocenters. The van der Waals surface area contributed by atoms with E-state index in [1.54, 1.807) is 0 Å². The Morgan fingerprint density at radius 2 is 1.91 bits per heavy atom. The van der Waals surface area contributed by atoms with Crippen LogP contribution in [0.1, 0.15) is 6.92 Å². The van der Waals surface area contributed by atoms with Gasteiger partial charge in [0.15, 0.2) is 5.92 Å². The van der Waals surface area contributed by atoms with Gasteiger partial charge in [-0.1, -0.05) is 0 Å². The first-order valence-corrected chi connectivity index (χ1v) is 2.82. The zero-order chi connectivity index (χ0) is 9.23. The zero-order valence-corrected chi connectivity index (χ0v) is 5.72. The van der Waals surface area contributed by atoms with Crippen LogP contribution in [0, 0.1) is 5.92 Å². The lowest BCUT2D eigenvalue weighted by atomic mass is 10.0. The zero-order valence-electron chi connectivity index (χ0n) is 5.72. The third-order valence-electron chi connectivity index (χ3n) is 1.14. The third kappa shape index (κ3) is 2.75. The molecule has 0 radical (unpaired) electrons. The van der Waals surface area contributed by atoms with Crippen LogP contribution in [0.25, 0.3) is 0 Å². The van der Waals surface area contributed by atoms with E-state index in [1.807, 2.05) is 0 Å². The lowest BCUT2D eigenvalue weighted by Crippen LogP contribution is -2.43. The Morgan fingerprint density at radius 1 is 1.55 bits per heavy atom. The van der Waals surface area contributed by atoms with Gasteiger partial charge in [-0.15, -0.1) is 0 Å². The first kappa shape index (κ1) is 10.2. The Hall–Kier alpha value is -0.780. The number of carboxylic acid groups (broad SMARTS) is 1. The molecule has 0 spiro atoms. The maximum Gasteiger partial charge on any atom is 0.403 e. The van der Waals surface area contributed by atoms with Crippen LogP contribution in [0.2, 0.25) is 0 Å². The fraction of sp³-hybridized carbons (Fsp3) is 0.800. The number of rotatable bonds is 2. The van der Waals surface area contributed by atoms with E-state index in [9.17, 15) is 18.0 Å². The van der Waals surface area contributed by atoms with Gasteiger partial charge in [-0.05, 0) is 6.92 Å². The number of halogens is 3. The molecule has 0 amide bonds. The van der Waals surface area contributed by atoms with Gasteiger partial charge in [-0.2, -0.15) is 13.2 Å². The molecule has 3 N–H and O–H groups in total. The Balaban J connectivity index is 4.49. The summed E-state index contributed by atoms with van der Waals surface area (Å²) in [6.07, 6.45) is -4.76. The van der Waals surface area contributed by atoms with E-state index in [0.29, 0.717) is 0 Å². The van der Waals surface area contributed by atoms with E-state index in [4.69, 9.17) is 10.8 Å². The molecule has 2 unspecified atom stereocenters. The highest BCUT2D eigenvalue weighted by molar-refractivity contribution is 5.71. The van der Waals surface area contributed by atoms with Crippen LogP contribution in [0.15, 0.2) is 0 Å².